The van der Waals surface area contributed by atoms with E-state index in [1.165, 1.54) is 4.90 Å². The summed E-state index contributed by atoms with van der Waals surface area (Å²) in [5, 5.41) is 12.7. The third-order valence-corrected chi connectivity index (χ3v) is 5.60. The molecular formula is C23H35N3O5. The highest BCUT2D eigenvalue weighted by atomic mass is 16.5. The summed E-state index contributed by atoms with van der Waals surface area (Å²) in [7, 11) is 0. The molecular weight excluding hydrogens is 398 g/mol. The summed E-state index contributed by atoms with van der Waals surface area (Å²) in [6.07, 6.45) is 4.19. The number of rotatable bonds is 13. The van der Waals surface area contributed by atoms with E-state index in [0.717, 1.165) is 12.0 Å². The number of ether oxygens (including phenoxy) is 1. The number of aryl methyl sites for hydroxylation is 1. The summed E-state index contributed by atoms with van der Waals surface area (Å²) in [6.45, 7) is 2.93. The largest absolute Gasteiger partial charge is 0.480 e. The van der Waals surface area contributed by atoms with E-state index in [4.69, 9.17) is 10.5 Å². The Balaban J connectivity index is 2.14. The predicted molar refractivity (Wildman–Crippen MR) is 117 cm³/mol. The Morgan fingerprint density at radius 3 is 2.58 bits per heavy atom. The Bertz CT molecular complexity index is 712. The average Bonchev–Trinajstić information content (AvgIpc) is 3.26. The second-order valence-corrected chi connectivity index (χ2v) is 7.86. The van der Waals surface area contributed by atoms with Crippen molar-refractivity contribution in [2.24, 2.45) is 5.73 Å². The molecule has 2 rings (SSSR count). The van der Waals surface area contributed by atoms with E-state index in [0.29, 0.717) is 51.6 Å². The smallest absolute Gasteiger partial charge is 0.326 e. The van der Waals surface area contributed by atoms with Crippen LogP contribution in [0.3, 0.4) is 0 Å². The number of carboxylic acid groups (broad SMARTS) is 1. The highest BCUT2D eigenvalue weighted by molar-refractivity contribution is 5.88. The van der Waals surface area contributed by atoms with Crippen molar-refractivity contribution in [2.75, 3.05) is 19.7 Å². The minimum Gasteiger partial charge on any atom is -0.480 e. The molecule has 1 amide bonds. The number of aliphatic carboxylic acids is 1. The second-order valence-electron chi connectivity index (χ2n) is 7.86. The van der Waals surface area contributed by atoms with Crippen LogP contribution in [0.25, 0.3) is 0 Å². The van der Waals surface area contributed by atoms with Gasteiger partial charge in [0.05, 0.1) is 12.6 Å². The number of amides is 1. The van der Waals surface area contributed by atoms with E-state index in [1.807, 2.05) is 30.3 Å². The molecule has 1 saturated heterocycles. The third kappa shape index (κ3) is 7.63. The number of carbonyl (C=O) groups excluding carboxylic acids is 2. The summed E-state index contributed by atoms with van der Waals surface area (Å²) in [6, 6.07) is 7.69. The van der Waals surface area contributed by atoms with Crippen LogP contribution < -0.4 is 11.1 Å². The standard InChI is InChI=1S/C23H35N3O5/c1-2-31-23(30)19(14-13-17-9-4-3-5-10-17)25-18(11-6-7-15-24)21(27)26-16-8-12-20(26)22(28)29/h3-5,9-10,18-20,25H,2,6-8,11-16,24H2,1H3,(H,28,29)/t18-,19-,20-/m0/s1. The zero-order valence-electron chi connectivity index (χ0n) is 18.3. The highest BCUT2D eigenvalue weighted by Crippen LogP contribution is 2.20. The van der Waals surface area contributed by atoms with Gasteiger partial charge in [-0.25, -0.2) is 4.79 Å². The van der Waals surface area contributed by atoms with Crippen LogP contribution in [0.15, 0.2) is 30.3 Å². The summed E-state index contributed by atoms with van der Waals surface area (Å²) in [4.78, 5) is 38.9. The normalized spacial score (nSPS) is 17.9. The van der Waals surface area contributed by atoms with Crippen molar-refractivity contribution in [2.45, 2.75) is 70.0 Å². The number of nitrogens with zero attached hydrogens (tertiary/aromatic N) is 1. The van der Waals surface area contributed by atoms with Crippen LogP contribution in [0.5, 0.6) is 0 Å². The maximum Gasteiger partial charge on any atom is 0.326 e. The summed E-state index contributed by atoms with van der Waals surface area (Å²) in [5.74, 6) is -1.65. The highest BCUT2D eigenvalue weighted by Gasteiger charge is 2.38. The summed E-state index contributed by atoms with van der Waals surface area (Å²) < 4.78 is 5.24. The molecule has 0 bridgehead atoms. The molecule has 4 N–H and O–H groups in total. The van der Waals surface area contributed by atoms with Crippen molar-refractivity contribution in [1.82, 2.24) is 10.2 Å². The molecule has 31 heavy (non-hydrogen) atoms. The van der Waals surface area contributed by atoms with Crippen LogP contribution in [0.2, 0.25) is 0 Å². The summed E-state index contributed by atoms with van der Waals surface area (Å²) in [5.41, 5.74) is 6.70. The number of benzene rings is 1. The molecule has 0 unspecified atom stereocenters. The van der Waals surface area contributed by atoms with Crippen LogP contribution in [-0.2, 0) is 25.5 Å². The van der Waals surface area contributed by atoms with Gasteiger partial charge in [0, 0.05) is 6.54 Å². The van der Waals surface area contributed by atoms with Crippen molar-refractivity contribution >= 4 is 17.8 Å². The fraction of sp³-hybridized carbons (Fsp3) is 0.609. The Kier molecular flexibility index (Phi) is 10.5. The molecule has 1 aliphatic heterocycles. The molecule has 0 radical (unpaired) electrons. The number of hydrogen-bond acceptors (Lipinski definition) is 6. The van der Waals surface area contributed by atoms with Gasteiger partial charge in [0.15, 0.2) is 0 Å². The van der Waals surface area contributed by atoms with E-state index in [2.05, 4.69) is 5.32 Å². The number of likely N-dealkylation sites (tertiary alicyclic amines) is 1. The molecule has 1 aromatic carbocycles. The van der Waals surface area contributed by atoms with Gasteiger partial charge in [-0.15, -0.1) is 0 Å². The van der Waals surface area contributed by atoms with E-state index in [1.54, 1.807) is 6.92 Å². The molecule has 1 heterocycles. The predicted octanol–water partition coefficient (Wildman–Crippen LogP) is 1.71. The van der Waals surface area contributed by atoms with Gasteiger partial charge in [0.25, 0.3) is 0 Å². The first kappa shape index (κ1) is 24.8. The van der Waals surface area contributed by atoms with Gasteiger partial charge in [0.1, 0.15) is 12.1 Å². The molecule has 8 heteroatoms. The third-order valence-electron chi connectivity index (χ3n) is 5.60. The van der Waals surface area contributed by atoms with Gasteiger partial charge in [-0.1, -0.05) is 36.8 Å². The van der Waals surface area contributed by atoms with Crippen molar-refractivity contribution in [3.05, 3.63) is 35.9 Å². The van der Waals surface area contributed by atoms with Crippen molar-refractivity contribution in [3.8, 4) is 0 Å². The fourth-order valence-corrected chi connectivity index (χ4v) is 3.97. The van der Waals surface area contributed by atoms with Gasteiger partial charge < -0.3 is 20.5 Å². The lowest BCUT2D eigenvalue weighted by molar-refractivity contribution is -0.150. The van der Waals surface area contributed by atoms with Crippen LogP contribution in [0, 0.1) is 0 Å². The Morgan fingerprint density at radius 2 is 1.94 bits per heavy atom. The van der Waals surface area contributed by atoms with Gasteiger partial charge >= 0.3 is 11.9 Å². The Morgan fingerprint density at radius 1 is 1.19 bits per heavy atom. The lowest BCUT2D eigenvalue weighted by Crippen LogP contribution is -2.54. The number of unbranched alkanes of at least 4 members (excludes halogenated alkanes) is 1. The first-order chi connectivity index (χ1) is 15.0. The minimum absolute atomic E-state index is 0.251. The minimum atomic E-state index is -0.988. The summed E-state index contributed by atoms with van der Waals surface area (Å²) >= 11 is 0. The van der Waals surface area contributed by atoms with Crippen LogP contribution in [0.1, 0.15) is 51.0 Å². The molecule has 1 fully saturated rings. The quantitative estimate of drug-likeness (QED) is 0.320. The lowest BCUT2D eigenvalue weighted by Gasteiger charge is -2.30. The Hall–Kier alpha value is -2.45. The van der Waals surface area contributed by atoms with Crippen LogP contribution in [-0.4, -0.2) is 65.7 Å². The first-order valence-corrected chi connectivity index (χ1v) is 11.2. The molecule has 8 nitrogen and oxygen atoms in total. The molecule has 3 atom stereocenters. The van der Waals surface area contributed by atoms with Crippen LogP contribution >= 0.6 is 0 Å². The van der Waals surface area contributed by atoms with Crippen molar-refractivity contribution in [1.29, 1.82) is 0 Å². The van der Waals surface area contributed by atoms with E-state index >= 15 is 0 Å². The average molecular weight is 434 g/mol. The molecule has 0 aromatic heterocycles. The molecule has 1 aliphatic rings. The number of carboxylic acids is 1. The maximum atomic E-state index is 13.3. The van der Waals surface area contributed by atoms with E-state index in [9.17, 15) is 19.5 Å². The van der Waals surface area contributed by atoms with Gasteiger partial charge in [-0.05, 0) is 57.6 Å². The molecule has 172 valence electrons. The van der Waals surface area contributed by atoms with E-state index in [-0.39, 0.29) is 12.5 Å². The lowest BCUT2D eigenvalue weighted by atomic mass is 10.0. The Labute approximate surface area is 184 Å². The number of nitrogens with two attached hydrogens (primary N) is 1. The number of nitrogens with one attached hydrogen (secondary N) is 1. The van der Waals surface area contributed by atoms with Gasteiger partial charge in [0.2, 0.25) is 5.91 Å². The topological polar surface area (TPSA) is 122 Å². The molecule has 1 aromatic rings. The monoisotopic (exact) mass is 433 g/mol. The van der Waals surface area contributed by atoms with Gasteiger partial charge in [-0.2, -0.15) is 0 Å². The van der Waals surface area contributed by atoms with Crippen molar-refractivity contribution in [3.63, 3.8) is 0 Å². The molecule has 0 saturated carbocycles. The molecule has 0 aliphatic carbocycles. The second kappa shape index (κ2) is 13.1. The number of hydrogen-bond donors (Lipinski definition) is 3. The van der Waals surface area contributed by atoms with E-state index < -0.39 is 30.1 Å². The first-order valence-electron chi connectivity index (χ1n) is 11.2. The van der Waals surface area contributed by atoms with Gasteiger partial charge in [-0.3, -0.25) is 14.9 Å². The number of esters is 1. The van der Waals surface area contributed by atoms with Crippen molar-refractivity contribution < 1.29 is 24.2 Å². The molecule has 0 spiro atoms. The number of carbonyl (C=O) groups is 3. The zero-order valence-corrected chi connectivity index (χ0v) is 18.3. The fourth-order valence-electron chi connectivity index (χ4n) is 3.97. The SMILES string of the molecule is CCOC(=O)[C@H](CCc1ccccc1)N[C@@H](CCCCN)C(=O)N1CCC[C@H]1C(=O)O. The zero-order chi connectivity index (χ0) is 22.6. The van der Waals surface area contributed by atoms with Crippen LogP contribution in [0.4, 0.5) is 0 Å². The maximum absolute atomic E-state index is 13.3.